The van der Waals surface area contributed by atoms with Crippen LogP contribution in [0.5, 0.6) is 5.75 Å². The standard InChI is InChI=1S/C22H18N6O2S/c1-10-7-8-14(29)11(2)18(10)28-19(23)16(20(24)30)17-21(28)25-9-13(26-17)22-27-12-5-3-4-6-15(12)31-22/h3-9,29H,23H2,1-2H3,(H2,24,30). The van der Waals surface area contributed by atoms with Gasteiger partial charge >= 0.3 is 0 Å². The molecule has 0 saturated carbocycles. The summed E-state index contributed by atoms with van der Waals surface area (Å²) in [6.07, 6.45) is 1.61. The molecule has 5 aromatic rings. The number of amides is 1. The third kappa shape index (κ3) is 2.82. The number of carbonyl (C=O) groups is 1. The van der Waals surface area contributed by atoms with Crippen LogP contribution in [0, 0.1) is 13.8 Å². The van der Waals surface area contributed by atoms with Crippen molar-refractivity contribution in [2.24, 2.45) is 5.73 Å². The van der Waals surface area contributed by atoms with Crippen molar-refractivity contribution in [3.05, 3.63) is 59.3 Å². The number of anilines is 1. The third-order valence-electron chi connectivity index (χ3n) is 5.29. The molecule has 0 aliphatic carbocycles. The number of nitrogen functional groups attached to an aromatic ring is 1. The summed E-state index contributed by atoms with van der Waals surface area (Å²) >= 11 is 1.49. The number of phenols is 1. The normalized spacial score (nSPS) is 11.4. The van der Waals surface area contributed by atoms with Gasteiger partial charge < -0.3 is 16.6 Å². The molecular formula is C22H18N6O2S. The summed E-state index contributed by atoms with van der Waals surface area (Å²) in [7, 11) is 0. The SMILES string of the molecule is Cc1ccc(O)c(C)c1-n1c(N)c(C(N)=O)c2nc(-c3nc4ccccc4s3)cnc21. The molecule has 31 heavy (non-hydrogen) atoms. The van der Waals surface area contributed by atoms with Gasteiger partial charge in [0.2, 0.25) is 0 Å². The van der Waals surface area contributed by atoms with Crippen molar-refractivity contribution in [1.82, 2.24) is 19.5 Å². The summed E-state index contributed by atoms with van der Waals surface area (Å²) in [5, 5.41) is 10.9. The van der Waals surface area contributed by atoms with E-state index in [1.807, 2.05) is 31.2 Å². The number of nitrogens with two attached hydrogens (primary N) is 2. The lowest BCUT2D eigenvalue weighted by Crippen LogP contribution is -2.14. The molecule has 3 aromatic heterocycles. The monoisotopic (exact) mass is 430 g/mol. The van der Waals surface area contributed by atoms with E-state index in [-0.39, 0.29) is 17.1 Å². The van der Waals surface area contributed by atoms with Gasteiger partial charge in [-0.25, -0.2) is 15.0 Å². The van der Waals surface area contributed by atoms with Crippen molar-refractivity contribution in [3.63, 3.8) is 0 Å². The summed E-state index contributed by atoms with van der Waals surface area (Å²) in [6, 6.07) is 11.2. The Bertz CT molecular complexity index is 1490. The van der Waals surface area contributed by atoms with Crippen molar-refractivity contribution < 1.29 is 9.90 Å². The minimum Gasteiger partial charge on any atom is -0.508 e. The second kappa shape index (κ2) is 6.78. The molecule has 8 nitrogen and oxygen atoms in total. The number of primary amides is 1. The van der Waals surface area contributed by atoms with E-state index in [0.717, 1.165) is 15.8 Å². The zero-order valence-electron chi connectivity index (χ0n) is 16.7. The number of carbonyl (C=O) groups excluding carboxylic acids is 1. The van der Waals surface area contributed by atoms with E-state index < -0.39 is 5.91 Å². The average Bonchev–Trinajstić information content (AvgIpc) is 3.30. The van der Waals surface area contributed by atoms with Gasteiger partial charge in [0, 0.05) is 5.56 Å². The zero-order valence-corrected chi connectivity index (χ0v) is 17.6. The van der Waals surface area contributed by atoms with Crippen molar-refractivity contribution >= 4 is 44.4 Å². The Morgan fingerprint density at radius 2 is 1.90 bits per heavy atom. The van der Waals surface area contributed by atoms with E-state index in [2.05, 4.69) is 15.0 Å². The fourth-order valence-corrected chi connectivity index (χ4v) is 4.70. The van der Waals surface area contributed by atoms with Gasteiger partial charge in [-0.2, -0.15) is 0 Å². The first-order valence-electron chi connectivity index (χ1n) is 9.49. The van der Waals surface area contributed by atoms with E-state index in [1.165, 1.54) is 11.3 Å². The smallest absolute Gasteiger partial charge is 0.254 e. The van der Waals surface area contributed by atoms with Gasteiger partial charge in [-0.05, 0) is 37.6 Å². The number of aromatic hydroxyl groups is 1. The van der Waals surface area contributed by atoms with Gasteiger partial charge in [0.1, 0.15) is 33.3 Å². The summed E-state index contributed by atoms with van der Waals surface area (Å²) in [6.45, 7) is 3.66. The first kappa shape index (κ1) is 19.0. The summed E-state index contributed by atoms with van der Waals surface area (Å²) < 4.78 is 2.65. The number of thiazole rings is 1. The third-order valence-corrected chi connectivity index (χ3v) is 6.34. The molecule has 5 rings (SSSR count). The summed E-state index contributed by atoms with van der Waals surface area (Å²) in [5.74, 6) is -0.463. The van der Waals surface area contributed by atoms with Gasteiger partial charge in [-0.3, -0.25) is 9.36 Å². The molecule has 0 spiro atoms. The van der Waals surface area contributed by atoms with E-state index in [0.29, 0.717) is 33.1 Å². The van der Waals surface area contributed by atoms with Crippen LogP contribution in [0.15, 0.2) is 42.6 Å². The Hall–Kier alpha value is -3.98. The number of aryl methyl sites for hydroxylation is 1. The van der Waals surface area contributed by atoms with Crippen molar-refractivity contribution in [1.29, 1.82) is 0 Å². The Labute approximate surface area is 180 Å². The Kier molecular flexibility index (Phi) is 4.16. The highest BCUT2D eigenvalue weighted by Crippen LogP contribution is 2.36. The number of phenolic OH excluding ortho intramolecular Hbond substituents is 1. The molecule has 1 amide bonds. The Morgan fingerprint density at radius 3 is 2.65 bits per heavy atom. The van der Waals surface area contributed by atoms with E-state index in [9.17, 15) is 9.90 Å². The van der Waals surface area contributed by atoms with Crippen LogP contribution in [0.4, 0.5) is 5.82 Å². The predicted molar refractivity (Wildman–Crippen MR) is 122 cm³/mol. The number of hydrogen-bond acceptors (Lipinski definition) is 7. The molecular weight excluding hydrogens is 412 g/mol. The van der Waals surface area contributed by atoms with Crippen LogP contribution in [-0.4, -0.2) is 30.5 Å². The number of fused-ring (bicyclic) bond motifs is 2. The molecule has 0 radical (unpaired) electrons. The number of para-hydroxylation sites is 1. The second-order valence-electron chi connectivity index (χ2n) is 7.25. The minimum atomic E-state index is -0.701. The van der Waals surface area contributed by atoms with Crippen LogP contribution in [0.2, 0.25) is 0 Å². The quantitative estimate of drug-likeness (QED) is 0.400. The number of hydrogen-bond donors (Lipinski definition) is 3. The largest absolute Gasteiger partial charge is 0.508 e. The topological polar surface area (TPSA) is 133 Å². The van der Waals surface area contributed by atoms with E-state index >= 15 is 0 Å². The molecule has 0 unspecified atom stereocenters. The molecule has 0 aliphatic rings. The van der Waals surface area contributed by atoms with Crippen LogP contribution in [0.25, 0.3) is 37.8 Å². The lowest BCUT2D eigenvalue weighted by molar-refractivity contribution is 0.100. The Balaban J connectivity index is 1.81. The number of aromatic nitrogens is 4. The molecule has 0 fully saturated rings. The molecule has 0 bridgehead atoms. The highest BCUT2D eigenvalue weighted by atomic mass is 32.1. The van der Waals surface area contributed by atoms with E-state index in [1.54, 1.807) is 29.8 Å². The lowest BCUT2D eigenvalue weighted by Gasteiger charge is -2.15. The van der Waals surface area contributed by atoms with Crippen molar-refractivity contribution in [3.8, 4) is 22.1 Å². The van der Waals surface area contributed by atoms with Crippen LogP contribution in [0.3, 0.4) is 0 Å². The van der Waals surface area contributed by atoms with Crippen LogP contribution >= 0.6 is 11.3 Å². The highest BCUT2D eigenvalue weighted by molar-refractivity contribution is 7.21. The molecule has 3 heterocycles. The lowest BCUT2D eigenvalue weighted by atomic mass is 10.1. The molecule has 5 N–H and O–H groups in total. The minimum absolute atomic E-state index is 0.0904. The van der Waals surface area contributed by atoms with Crippen LogP contribution in [0.1, 0.15) is 21.5 Å². The van der Waals surface area contributed by atoms with E-state index in [4.69, 9.17) is 11.5 Å². The maximum absolute atomic E-state index is 12.3. The molecule has 0 atom stereocenters. The first-order valence-corrected chi connectivity index (χ1v) is 10.3. The van der Waals surface area contributed by atoms with Crippen molar-refractivity contribution in [2.45, 2.75) is 13.8 Å². The maximum Gasteiger partial charge on any atom is 0.254 e. The summed E-state index contributed by atoms with van der Waals surface area (Å²) in [5.41, 5.74) is 16.3. The number of rotatable bonds is 3. The average molecular weight is 430 g/mol. The summed E-state index contributed by atoms with van der Waals surface area (Å²) in [4.78, 5) is 26.2. The molecule has 0 saturated heterocycles. The van der Waals surface area contributed by atoms with Gasteiger partial charge in [-0.1, -0.05) is 18.2 Å². The first-order chi connectivity index (χ1) is 14.9. The van der Waals surface area contributed by atoms with Crippen LogP contribution < -0.4 is 11.5 Å². The van der Waals surface area contributed by atoms with Gasteiger partial charge in [-0.15, -0.1) is 11.3 Å². The molecule has 154 valence electrons. The number of benzene rings is 2. The molecule has 9 heteroatoms. The van der Waals surface area contributed by atoms with Gasteiger partial charge in [0.05, 0.1) is 22.1 Å². The van der Waals surface area contributed by atoms with Gasteiger partial charge in [0.15, 0.2) is 5.65 Å². The van der Waals surface area contributed by atoms with Crippen LogP contribution in [-0.2, 0) is 0 Å². The fourth-order valence-electron chi connectivity index (χ4n) is 3.78. The van der Waals surface area contributed by atoms with Gasteiger partial charge in [0.25, 0.3) is 5.91 Å². The number of nitrogens with zero attached hydrogens (tertiary/aromatic N) is 4. The highest BCUT2D eigenvalue weighted by Gasteiger charge is 2.25. The zero-order chi connectivity index (χ0) is 21.9. The maximum atomic E-state index is 12.3. The molecule has 0 aliphatic heterocycles. The molecule has 2 aromatic carbocycles. The fraction of sp³-hybridized carbons (Fsp3) is 0.0909. The Morgan fingerprint density at radius 1 is 1.13 bits per heavy atom. The predicted octanol–water partition coefficient (Wildman–Crippen LogP) is 3.70. The second-order valence-corrected chi connectivity index (χ2v) is 8.28. The van der Waals surface area contributed by atoms with Crippen molar-refractivity contribution in [2.75, 3.05) is 5.73 Å².